The maximum Gasteiger partial charge on any atom is 0.573 e. The van der Waals surface area contributed by atoms with Crippen LogP contribution in [0, 0.1) is 0 Å². The van der Waals surface area contributed by atoms with Gasteiger partial charge in [-0.1, -0.05) is 12.1 Å². The van der Waals surface area contributed by atoms with Crippen molar-refractivity contribution >= 4 is 11.8 Å². The number of halogens is 6. The Morgan fingerprint density at radius 3 is 2.08 bits per heavy atom. The number of phenolic OH excluding ortho intramolecular Hbond substituents is 1. The predicted molar refractivity (Wildman–Crippen MR) is 79.2 cm³/mol. The average molecular weight is 383 g/mol. The van der Waals surface area contributed by atoms with Crippen LogP contribution < -0.4 is 10.5 Å². The zero-order chi connectivity index (χ0) is 18.8. The molecule has 0 aliphatic heterocycles. The first-order chi connectivity index (χ1) is 11.4. The molecule has 3 nitrogen and oxygen atoms in total. The lowest BCUT2D eigenvalue weighted by atomic mass is 9.99. The van der Waals surface area contributed by atoms with E-state index in [1.165, 1.54) is 12.1 Å². The summed E-state index contributed by atoms with van der Waals surface area (Å²) in [5.74, 6) is -0.788. The first kappa shape index (κ1) is 19.3. The first-order valence-electron chi connectivity index (χ1n) is 6.64. The average Bonchev–Trinajstić information content (AvgIpc) is 2.46. The van der Waals surface area contributed by atoms with Gasteiger partial charge in [0.25, 0.3) is 0 Å². The van der Waals surface area contributed by atoms with Crippen LogP contribution in [0.4, 0.5) is 26.3 Å². The Labute approximate surface area is 142 Å². The predicted octanol–water partition coefficient (Wildman–Crippen LogP) is 4.95. The molecule has 0 aromatic heterocycles. The van der Waals surface area contributed by atoms with Crippen LogP contribution in [0.5, 0.6) is 11.5 Å². The molecule has 0 spiro atoms. The largest absolute Gasteiger partial charge is 0.573 e. The molecule has 0 bridgehead atoms. The number of thioether (sulfide) groups is 1. The van der Waals surface area contributed by atoms with E-state index in [-0.39, 0.29) is 28.0 Å². The van der Waals surface area contributed by atoms with E-state index in [2.05, 4.69) is 4.74 Å². The van der Waals surface area contributed by atoms with Crippen molar-refractivity contribution in [3.05, 3.63) is 53.6 Å². The number of nitrogens with two attached hydrogens (primary N) is 1. The van der Waals surface area contributed by atoms with Gasteiger partial charge in [0, 0.05) is 10.5 Å². The molecule has 0 heterocycles. The molecule has 2 aromatic carbocycles. The third kappa shape index (κ3) is 5.75. The lowest BCUT2D eigenvalue weighted by Gasteiger charge is -2.16. The van der Waals surface area contributed by atoms with E-state index in [0.717, 1.165) is 30.3 Å². The third-order valence-corrected chi connectivity index (χ3v) is 3.76. The van der Waals surface area contributed by atoms with Crippen molar-refractivity contribution in [2.45, 2.75) is 22.8 Å². The summed E-state index contributed by atoms with van der Waals surface area (Å²) in [5, 5.41) is 9.83. The molecule has 25 heavy (non-hydrogen) atoms. The molecule has 2 rings (SSSR count). The van der Waals surface area contributed by atoms with Gasteiger partial charge in [-0.25, -0.2) is 0 Å². The first-order valence-corrected chi connectivity index (χ1v) is 7.46. The maximum absolute atomic E-state index is 12.4. The fraction of sp³-hybridized carbons (Fsp3) is 0.200. The van der Waals surface area contributed by atoms with E-state index in [4.69, 9.17) is 5.73 Å². The summed E-state index contributed by atoms with van der Waals surface area (Å²) in [6.07, 6.45) is -4.84. The van der Waals surface area contributed by atoms with Crippen molar-refractivity contribution in [3.63, 3.8) is 0 Å². The van der Waals surface area contributed by atoms with Crippen molar-refractivity contribution < 1.29 is 36.2 Å². The van der Waals surface area contributed by atoms with Crippen molar-refractivity contribution in [3.8, 4) is 11.5 Å². The van der Waals surface area contributed by atoms with Crippen molar-refractivity contribution in [2.75, 3.05) is 0 Å². The number of rotatable bonds is 4. The van der Waals surface area contributed by atoms with Crippen LogP contribution in [0.3, 0.4) is 0 Å². The Bertz CT molecular complexity index is 730. The number of ether oxygens (including phenoxy) is 1. The molecular weight excluding hydrogens is 372 g/mol. The maximum atomic E-state index is 12.4. The summed E-state index contributed by atoms with van der Waals surface area (Å²) in [7, 11) is 0. The fourth-order valence-corrected chi connectivity index (χ4v) is 2.62. The van der Waals surface area contributed by atoms with Crippen molar-refractivity contribution in [1.29, 1.82) is 0 Å². The summed E-state index contributed by atoms with van der Waals surface area (Å²) in [6, 6.07) is 6.71. The Morgan fingerprint density at radius 1 is 0.960 bits per heavy atom. The minimum atomic E-state index is -4.84. The van der Waals surface area contributed by atoms with Gasteiger partial charge in [-0.3, -0.25) is 0 Å². The molecule has 0 amide bonds. The topological polar surface area (TPSA) is 55.5 Å². The zero-order valence-corrected chi connectivity index (χ0v) is 13.0. The number of aromatic hydroxyl groups is 1. The van der Waals surface area contributed by atoms with Crippen LogP contribution in [0.15, 0.2) is 47.4 Å². The summed E-state index contributed by atoms with van der Waals surface area (Å²) in [4.78, 5) is -0.173. The smallest absolute Gasteiger partial charge is 0.508 e. The third-order valence-electron chi connectivity index (χ3n) is 3.04. The van der Waals surface area contributed by atoms with Crippen LogP contribution in [-0.2, 0) is 0 Å². The lowest BCUT2D eigenvalue weighted by molar-refractivity contribution is -0.274. The normalized spacial score (nSPS) is 13.6. The molecule has 0 aliphatic carbocycles. The molecule has 3 N–H and O–H groups in total. The Kier molecular flexibility index (Phi) is 5.43. The van der Waals surface area contributed by atoms with Crippen LogP contribution in [0.25, 0.3) is 0 Å². The standard InChI is InChI=1S/C15H11F6NO2S/c16-14(17,18)24-9-3-1-8(2-4-9)13(22)11-7-10(5-6-12(11)23)25-15(19,20)21/h1-7,13,23H,22H2/t13-/m1/s1. The second-order valence-electron chi connectivity index (χ2n) is 4.86. The molecule has 10 heteroatoms. The van der Waals surface area contributed by atoms with E-state index in [1.807, 2.05) is 0 Å². The quantitative estimate of drug-likeness (QED) is 0.579. The monoisotopic (exact) mass is 383 g/mol. The second kappa shape index (κ2) is 7.04. The molecule has 136 valence electrons. The van der Waals surface area contributed by atoms with Gasteiger partial charge < -0.3 is 15.6 Å². The van der Waals surface area contributed by atoms with Crippen LogP contribution in [0.1, 0.15) is 17.2 Å². The number of hydrogen-bond acceptors (Lipinski definition) is 4. The van der Waals surface area contributed by atoms with E-state index < -0.39 is 23.7 Å². The van der Waals surface area contributed by atoms with E-state index in [9.17, 15) is 31.4 Å². The highest BCUT2D eigenvalue weighted by atomic mass is 32.2. The molecule has 0 saturated heterocycles. The van der Waals surface area contributed by atoms with E-state index in [1.54, 1.807) is 0 Å². The molecule has 0 saturated carbocycles. The molecule has 1 atom stereocenters. The summed E-state index contributed by atoms with van der Waals surface area (Å²) in [5.41, 5.74) is 1.71. The van der Waals surface area contributed by atoms with Crippen LogP contribution in [0.2, 0.25) is 0 Å². The molecular formula is C15H11F6NO2S. The van der Waals surface area contributed by atoms with Gasteiger partial charge in [0.15, 0.2) is 0 Å². The summed E-state index contributed by atoms with van der Waals surface area (Å²) >= 11 is -0.367. The highest BCUT2D eigenvalue weighted by Crippen LogP contribution is 2.40. The van der Waals surface area contributed by atoms with E-state index >= 15 is 0 Å². The van der Waals surface area contributed by atoms with Crippen LogP contribution >= 0.6 is 11.8 Å². The number of benzene rings is 2. The van der Waals surface area contributed by atoms with Gasteiger partial charge in [0.05, 0.1) is 6.04 Å². The second-order valence-corrected chi connectivity index (χ2v) is 6.00. The Morgan fingerprint density at radius 2 is 1.56 bits per heavy atom. The van der Waals surface area contributed by atoms with Gasteiger partial charge in [-0.15, -0.1) is 13.2 Å². The van der Waals surface area contributed by atoms with Crippen LogP contribution in [-0.4, -0.2) is 17.0 Å². The van der Waals surface area contributed by atoms with Gasteiger partial charge in [-0.05, 0) is 47.7 Å². The lowest BCUT2D eigenvalue weighted by Crippen LogP contribution is -2.17. The number of phenols is 1. The van der Waals surface area contributed by atoms with Crippen molar-refractivity contribution in [1.82, 2.24) is 0 Å². The van der Waals surface area contributed by atoms with Gasteiger partial charge in [0.2, 0.25) is 0 Å². The molecule has 0 aliphatic rings. The molecule has 2 aromatic rings. The molecule has 0 radical (unpaired) electrons. The summed E-state index contributed by atoms with van der Waals surface area (Å²) in [6.45, 7) is 0. The molecule has 0 fully saturated rings. The SMILES string of the molecule is N[C@H](c1ccc(OC(F)(F)F)cc1)c1cc(SC(F)(F)F)ccc1O. The minimum absolute atomic E-state index is 0.0127. The van der Waals surface area contributed by atoms with Gasteiger partial charge >= 0.3 is 11.9 Å². The van der Waals surface area contributed by atoms with Crippen molar-refractivity contribution in [2.24, 2.45) is 5.73 Å². The number of alkyl halides is 6. The zero-order valence-electron chi connectivity index (χ0n) is 12.2. The highest BCUT2D eigenvalue weighted by molar-refractivity contribution is 8.00. The highest BCUT2D eigenvalue weighted by Gasteiger charge is 2.31. The Balaban J connectivity index is 2.25. The van der Waals surface area contributed by atoms with Gasteiger partial charge in [-0.2, -0.15) is 13.2 Å². The number of hydrogen-bond donors (Lipinski definition) is 2. The minimum Gasteiger partial charge on any atom is -0.508 e. The fourth-order valence-electron chi connectivity index (χ4n) is 2.04. The summed E-state index contributed by atoms with van der Waals surface area (Å²) < 4.78 is 77.4. The Hall–Kier alpha value is -2.07. The van der Waals surface area contributed by atoms with E-state index in [0.29, 0.717) is 5.56 Å². The molecule has 0 unspecified atom stereocenters. The van der Waals surface area contributed by atoms with Gasteiger partial charge in [0.1, 0.15) is 11.5 Å².